The van der Waals surface area contributed by atoms with Crippen LogP contribution in [0.4, 0.5) is 0 Å². The van der Waals surface area contributed by atoms with Gasteiger partial charge in [0.05, 0.1) is 11.8 Å². The average Bonchev–Trinajstić information content (AvgIpc) is 2.62. The van der Waals surface area contributed by atoms with Crippen LogP contribution in [-0.2, 0) is 0 Å². The third kappa shape index (κ3) is 3.27. The monoisotopic (exact) mass is 308 g/mol. The highest BCUT2D eigenvalue weighted by atomic mass is 16.2. The van der Waals surface area contributed by atoms with E-state index in [1.165, 1.54) is 6.42 Å². The summed E-state index contributed by atoms with van der Waals surface area (Å²) in [5, 5.41) is 3.93. The van der Waals surface area contributed by atoms with Crippen molar-refractivity contribution in [1.29, 1.82) is 0 Å². The summed E-state index contributed by atoms with van der Waals surface area (Å²) in [6.45, 7) is 3.11. The molecule has 0 saturated carbocycles. The molecule has 1 aromatic heterocycles. The molecule has 2 aromatic rings. The second-order valence-corrected chi connectivity index (χ2v) is 6.05. The molecule has 23 heavy (non-hydrogen) atoms. The Labute approximate surface area is 137 Å². The first-order valence-corrected chi connectivity index (χ1v) is 8.15. The number of rotatable bonds is 3. The number of hydrogen-bond donors (Lipinski definition) is 0. The molecule has 1 saturated heterocycles. The zero-order chi connectivity index (χ0) is 16.2. The molecule has 0 bridgehead atoms. The highest BCUT2D eigenvalue weighted by molar-refractivity contribution is 6.00. The molecule has 2 heterocycles. The van der Waals surface area contributed by atoms with Gasteiger partial charge in [0.15, 0.2) is 0 Å². The molecule has 1 atom stereocenters. The molecule has 0 aliphatic carbocycles. The Balaban J connectivity index is 1.91. The van der Waals surface area contributed by atoms with Crippen molar-refractivity contribution in [2.24, 2.45) is 0 Å². The third-order valence-corrected chi connectivity index (χ3v) is 4.50. The van der Waals surface area contributed by atoms with Gasteiger partial charge in [-0.15, -0.1) is 0 Å². The molecular weight excluding hydrogens is 286 g/mol. The number of benzene rings is 1. The average molecular weight is 308 g/mol. The van der Waals surface area contributed by atoms with Crippen molar-refractivity contribution in [3.63, 3.8) is 0 Å². The largest absolute Gasteiger partial charge is 0.274 e. The fourth-order valence-electron chi connectivity index (χ4n) is 3.18. The summed E-state index contributed by atoms with van der Waals surface area (Å²) >= 11 is 0. The van der Waals surface area contributed by atoms with Crippen LogP contribution < -0.4 is 0 Å². The lowest BCUT2D eigenvalue weighted by atomic mass is 10.0. The van der Waals surface area contributed by atoms with Gasteiger partial charge in [-0.25, -0.2) is 5.01 Å². The molecule has 1 aliphatic rings. The number of piperidine rings is 1. The lowest BCUT2D eigenvalue weighted by Crippen LogP contribution is -2.50. The van der Waals surface area contributed by atoms with Crippen LogP contribution in [0, 0.1) is 6.20 Å². The maximum Gasteiger partial charge on any atom is 0.268 e. The number of carbonyl (C=O) groups excluding carboxylic acids is 1. The Morgan fingerprint density at radius 2 is 2.04 bits per heavy atom. The molecule has 119 valence electrons. The SMILES string of the molecule is CC1CCCCN1N(C)C(=O)c1ccn[c]c1-c1ccccc1. The van der Waals surface area contributed by atoms with E-state index in [-0.39, 0.29) is 5.91 Å². The van der Waals surface area contributed by atoms with Gasteiger partial charge in [0.25, 0.3) is 5.91 Å². The van der Waals surface area contributed by atoms with E-state index in [4.69, 9.17) is 0 Å². The first-order chi connectivity index (χ1) is 11.2. The van der Waals surface area contributed by atoms with E-state index in [0.29, 0.717) is 11.6 Å². The van der Waals surface area contributed by atoms with Gasteiger partial charge in [0.2, 0.25) is 0 Å². The van der Waals surface area contributed by atoms with Crippen LogP contribution in [0.25, 0.3) is 11.1 Å². The number of carbonyl (C=O) groups is 1. The molecule has 1 unspecified atom stereocenters. The van der Waals surface area contributed by atoms with Crippen LogP contribution in [0.1, 0.15) is 36.5 Å². The Hall–Kier alpha value is -2.20. The summed E-state index contributed by atoms with van der Waals surface area (Å²) in [5.74, 6) is -0.00347. The van der Waals surface area contributed by atoms with Crippen molar-refractivity contribution in [2.75, 3.05) is 13.6 Å². The molecule has 3 rings (SSSR count). The van der Waals surface area contributed by atoms with Crippen molar-refractivity contribution >= 4 is 5.91 Å². The van der Waals surface area contributed by atoms with Crippen molar-refractivity contribution in [3.05, 3.63) is 54.4 Å². The highest BCUT2D eigenvalue weighted by Crippen LogP contribution is 2.25. The van der Waals surface area contributed by atoms with E-state index in [0.717, 1.165) is 30.5 Å². The lowest BCUT2D eigenvalue weighted by molar-refractivity contribution is -0.0333. The Kier molecular flexibility index (Phi) is 4.72. The van der Waals surface area contributed by atoms with Crippen molar-refractivity contribution in [3.8, 4) is 11.1 Å². The standard InChI is InChI=1S/C19H22N3O/c1-15-8-6-7-13-22(15)21(2)19(23)17-11-12-20-14-18(17)16-9-4-3-5-10-16/h3-5,9-12,15H,6-8,13H2,1-2H3. The molecule has 4 nitrogen and oxygen atoms in total. The molecule has 0 N–H and O–H groups in total. The van der Waals surface area contributed by atoms with Crippen LogP contribution in [-0.4, -0.2) is 40.5 Å². The Morgan fingerprint density at radius 1 is 1.26 bits per heavy atom. The zero-order valence-electron chi connectivity index (χ0n) is 13.7. The minimum Gasteiger partial charge on any atom is -0.274 e. The van der Waals surface area contributed by atoms with E-state index in [1.54, 1.807) is 17.3 Å². The van der Waals surface area contributed by atoms with E-state index in [2.05, 4.69) is 23.1 Å². The fourth-order valence-corrected chi connectivity index (χ4v) is 3.18. The second-order valence-electron chi connectivity index (χ2n) is 6.05. The number of aromatic nitrogens is 1. The molecule has 1 aromatic carbocycles. The van der Waals surface area contributed by atoms with E-state index >= 15 is 0 Å². The second kappa shape index (κ2) is 6.92. The quantitative estimate of drug-likeness (QED) is 0.872. The molecule has 1 radical (unpaired) electrons. The fraction of sp³-hybridized carbons (Fsp3) is 0.368. The minimum absolute atomic E-state index is 0.00347. The molecule has 4 heteroatoms. The van der Waals surface area contributed by atoms with Crippen LogP contribution in [0.15, 0.2) is 42.6 Å². The van der Waals surface area contributed by atoms with Crippen LogP contribution >= 0.6 is 0 Å². The number of amides is 1. The smallest absolute Gasteiger partial charge is 0.268 e. The molecule has 1 fully saturated rings. The first kappa shape index (κ1) is 15.7. The predicted molar refractivity (Wildman–Crippen MR) is 90.6 cm³/mol. The number of nitrogens with zero attached hydrogens (tertiary/aromatic N) is 3. The lowest BCUT2D eigenvalue weighted by Gasteiger charge is -2.39. The first-order valence-electron chi connectivity index (χ1n) is 8.15. The number of hydrogen-bond acceptors (Lipinski definition) is 3. The summed E-state index contributed by atoms with van der Waals surface area (Å²) in [5.41, 5.74) is 2.37. The van der Waals surface area contributed by atoms with Crippen LogP contribution in [0.2, 0.25) is 0 Å². The molecule has 0 spiro atoms. The van der Waals surface area contributed by atoms with E-state index in [1.807, 2.05) is 37.4 Å². The van der Waals surface area contributed by atoms with Crippen LogP contribution in [0.3, 0.4) is 0 Å². The van der Waals surface area contributed by atoms with E-state index in [9.17, 15) is 4.79 Å². The van der Waals surface area contributed by atoms with E-state index < -0.39 is 0 Å². The van der Waals surface area contributed by atoms with Gasteiger partial charge in [0, 0.05) is 31.4 Å². The van der Waals surface area contributed by atoms with Crippen molar-refractivity contribution in [1.82, 2.24) is 15.0 Å². The normalized spacial score (nSPS) is 18.6. The highest BCUT2D eigenvalue weighted by Gasteiger charge is 2.27. The zero-order valence-corrected chi connectivity index (χ0v) is 13.7. The van der Waals surface area contributed by atoms with Gasteiger partial charge in [-0.3, -0.25) is 14.8 Å². The maximum absolute atomic E-state index is 13.0. The molecule has 1 aliphatic heterocycles. The van der Waals surface area contributed by atoms with Crippen molar-refractivity contribution in [2.45, 2.75) is 32.2 Å². The summed E-state index contributed by atoms with van der Waals surface area (Å²) in [6.07, 6.45) is 8.12. The maximum atomic E-state index is 13.0. The van der Waals surface area contributed by atoms with Crippen molar-refractivity contribution < 1.29 is 4.79 Å². The van der Waals surface area contributed by atoms with Gasteiger partial charge in [0.1, 0.15) is 0 Å². The van der Waals surface area contributed by atoms with Gasteiger partial charge in [-0.2, -0.15) is 0 Å². The summed E-state index contributed by atoms with van der Waals surface area (Å²) < 4.78 is 0. The van der Waals surface area contributed by atoms with Gasteiger partial charge < -0.3 is 0 Å². The minimum atomic E-state index is -0.00347. The molecular formula is C19H22N3O. The van der Waals surface area contributed by atoms with Crippen LogP contribution in [0.5, 0.6) is 0 Å². The summed E-state index contributed by atoms with van der Waals surface area (Å²) in [7, 11) is 1.86. The summed E-state index contributed by atoms with van der Waals surface area (Å²) in [4.78, 5) is 17.1. The predicted octanol–water partition coefficient (Wildman–Crippen LogP) is 3.41. The third-order valence-electron chi connectivity index (χ3n) is 4.50. The Morgan fingerprint density at radius 3 is 2.78 bits per heavy atom. The Bertz CT molecular complexity index is 671. The molecule has 1 amide bonds. The van der Waals surface area contributed by atoms with Gasteiger partial charge >= 0.3 is 0 Å². The van der Waals surface area contributed by atoms with Gasteiger partial charge in [-0.05, 0) is 31.4 Å². The topological polar surface area (TPSA) is 36.4 Å². The number of hydrazine groups is 1. The van der Waals surface area contributed by atoms with Gasteiger partial charge in [-0.1, -0.05) is 36.8 Å². The summed E-state index contributed by atoms with van der Waals surface area (Å²) in [6, 6.07) is 12.0. The number of pyridine rings is 1.